The Bertz CT molecular complexity index is 603. The third-order valence-electron chi connectivity index (χ3n) is 2.92. The van der Waals surface area contributed by atoms with Crippen molar-refractivity contribution < 1.29 is 9.84 Å². The number of hydrogen-bond acceptors (Lipinski definition) is 3. The Morgan fingerprint density at radius 3 is 2.40 bits per heavy atom. The van der Waals surface area contributed by atoms with Crippen LogP contribution in [0.25, 0.3) is 12.2 Å². The Labute approximate surface area is 118 Å². The van der Waals surface area contributed by atoms with Gasteiger partial charge in [0.2, 0.25) is 0 Å². The van der Waals surface area contributed by atoms with E-state index in [4.69, 9.17) is 9.84 Å². The summed E-state index contributed by atoms with van der Waals surface area (Å²) in [6.07, 6.45) is 3.46. The minimum Gasteiger partial charge on any atom is -0.487 e. The number of aliphatic hydroxyl groups excluding tert-OH is 1. The standard InChI is InChI=1S/C17H17NO2/c1-3-14-7-8-15(18-17(14)4-2)12-20-16-9-5-13(11-19)6-10-16/h3-10,19H,1-2,11-12H2. The molecule has 0 aliphatic rings. The van der Waals surface area contributed by atoms with Gasteiger partial charge in [0, 0.05) is 0 Å². The highest BCUT2D eigenvalue weighted by Gasteiger charge is 2.02. The molecule has 2 rings (SSSR count). The molecule has 0 atom stereocenters. The summed E-state index contributed by atoms with van der Waals surface area (Å²) in [5, 5.41) is 8.98. The van der Waals surface area contributed by atoms with Crippen molar-refractivity contribution in [1.82, 2.24) is 4.98 Å². The molecule has 0 amide bonds. The molecule has 0 unspecified atom stereocenters. The number of nitrogens with zero attached hydrogens (tertiary/aromatic N) is 1. The second-order valence-corrected chi connectivity index (χ2v) is 4.28. The Hall–Kier alpha value is -2.39. The maximum Gasteiger partial charge on any atom is 0.130 e. The van der Waals surface area contributed by atoms with Crippen molar-refractivity contribution in [3.8, 4) is 5.75 Å². The molecule has 0 fully saturated rings. The third kappa shape index (κ3) is 3.33. The van der Waals surface area contributed by atoms with Crippen molar-refractivity contribution in [2.24, 2.45) is 0 Å². The van der Waals surface area contributed by atoms with Crippen LogP contribution in [0.15, 0.2) is 49.6 Å². The van der Waals surface area contributed by atoms with Crippen molar-refractivity contribution in [2.45, 2.75) is 13.2 Å². The van der Waals surface area contributed by atoms with E-state index in [0.29, 0.717) is 6.61 Å². The summed E-state index contributed by atoms with van der Waals surface area (Å²) in [4.78, 5) is 4.46. The molecule has 0 saturated carbocycles. The van der Waals surface area contributed by atoms with Gasteiger partial charge in [0.15, 0.2) is 0 Å². The van der Waals surface area contributed by atoms with Gasteiger partial charge in [-0.3, -0.25) is 0 Å². The Morgan fingerprint density at radius 1 is 1.05 bits per heavy atom. The molecule has 0 aliphatic carbocycles. The minimum atomic E-state index is 0.0353. The number of rotatable bonds is 6. The van der Waals surface area contributed by atoms with Crippen LogP contribution >= 0.6 is 0 Å². The first-order valence-corrected chi connectivity index (χ1v) is 6.34. The number of ether oxygens (including phenoxy) is 1. The van der Waals surface area contributed by atoms with Gasteiger partial charge in [-0.1, -0.05) is 37.4 Å². The summed E-state index contributed by atoms with van der Waals surface area (Å²) >= 11 is 0. The Morgan fingerprint density at radius 2 is 1.80 bits per heavy atom. The highest BCUT2D eigenvalue weighted by Crippen LogP contribution is 2.15. The van der Waals surface area contributed by atoms with E-state index in [0.717, 1.165) is 28.3 Å². The van der Waals surface area contributed by atoms with Gasteiger partial charge in [0.25, 0.3) is 0 Å². The lowest BCUT2D eigenvalue weighted by Gasteiger charge is -2.08. The molecule has 0 radical (unpaired) electrons. The van der Waals surface area contributed by atoms with Gasteiger partial charge < -0.3 is 9.84 Å². The molecular weight excluding hydrogens is 250 g/mol. The van der Waals surface area contributed by atoms with Gasteiger partial charge in [-0.15, -0.1) is 0 Å². The summed E-state index contributed by atoms with van der Waals surface area (Å²) in [5.41, 5.74) is 3.45. The monoisotopic (exact) mass is 267 g/mol. The second kappa shape index (κ2) is 6.68. The number of aliphatic hydroxyl groups is 1. The highest BCUT2D eigenvalue weighted by atomic mass is 16.5. The van der Waals surface area contributed by atoms with Crippen molar-refractivity contribution >= 4 is 12.2 Å². The van der Waals surface area contributed by atoms with Gasteiger partial charge in [0.1, 0.15) is 12.4 Å². The molecule has 1 aromatic carbocycles. The first kappa shape index (κ1) is 14.0. The molecule has 0 aliphatic heterocycles. The number of hydrogen-bond donors (Lipinski definition) is 1. The van der Waals surface area contributed by atoms with Crippen molar-refractivity contribution in [1.29, 1.82) is 0 Å². The average Bonchev–Trinajstić information content (AvgIpc) is 2.53. The molecule has 102 valence electrons. The maximum absolute atomic E-state index is 8.98. The van der Waals surface area contributed by atoms with E-state index in [-0.39, 0.29) is 6.61 Å². The first-order chi connectivity index (χ1) is 9.76. The van der Waals surface area contributed by atoms with Crippen LogP contribution in [0.3, 0.4) is 0 Å². The molecule has 20 heavy (non-hydrogen) atoms. The summed E-state index contributed by atoms with van der Waals surface area (Å²) in [5.74, 6) is 0.747. The number of benzene rings is 1. The van der Waals surface area contributed by atoms with E-state index in [1.165, 1.54) is 0 Å². The molecule has 1 aromatic heterocycles. The molecule has 1 N–H and O–H groups in total. The summed E-state index contributed by atoms with van der Waals surface area (Å²) in [6, 6.07) is 11.2. The zero-order chi connectivity index (χ0) is 14.4. The van der Waals surface area contributed by atoms with Crippen LogP contribution < -0.4 is 4.74 Å². The van der Waals surface area contributed by atoms with Crippen LogP contribution in [0.1, 0.15) is 22.5 Å². The Kier molecular flexibility index (Phi) is 4.69. The average molecular weight is 267 g/mol. The van der Waals surface area contributed by atoms with Crippen molar-refractivity contribution in [3.63, 3.8) is 0 Å². The normalized spacial score (nSPS) is 10.1. The number of aromatic nitrogens is 1. The van der Waals surface area contributed by atoms with E-state index >= 15 is 0 Å². The van der Waals surface area contributed by atoms with Crippen molar-refractivity contribution in [3.05, 3.63) is 72.1 Å². The zero-order valence-electron chi connectivity index (χ0n) is 11.2. The molecule has 2 aromatic rings. The van der Waals surface area contributed by atoms with E-state index in [9.17, 15) is 0 Å². The molecule has 0 spiro atoms. The predicted molar refractivity (Wildman–Crippen MR) is 81.1 cm³/mol. The summed E-state index contributed by atoms with van der Waals surface area (Å²) in [6.45, 7) is 7.90. The van der Waals surface area contributed by atoms with Gasteiger partial charge >= 0.3 is 0 Å². The van der Waals surface area contributed by atoms with Crippen LogP contribution in [0.4, 0.5) is 0 Å². The fourth-order valence-electron chi connectivity index (χ4n) is 1.79. The number of pyridine rings is 1. The van der Waals surface area contributed by atoms with Gasteiger partial charge in [-0.05, 0) is 35.4 Å². The predicted octanol–water partition coefficient (Wildman–Crippen LogP) is 3.44. The SMILES string of the molecule is C=Cc1ccc(COc2ccc(CO)cc2)nc1C=C. The van der Waals surface area contributed by atoms with Crippen LogP contribution in [0, 0.1) is 0 Å². The molecule has 3 nitrogen and oxygen atoms in total. The quantitative estimate of drug-likeness (QED) is 0.871. The Balaban J connectivity index is 2.06. The molecular formula is C17H17NO2. The smallest absolute Gasteiger partial charge is 0.130 e. The lowest BCUT2D eigenvalue weighted by Crippen LogP contribution is -2.00. The third-order valence-corrected chi connectivity index (χ3v) is 2.92. The van der Waals surface area contributed by atoms with Crippen LogP contribution in [0.5, 0.6) is 5.75 Å². The van der Waals surface area contributed by atoms with Crippen LogP contribution in [-0.4, -0.2) is 10.1 Å². The zero-order valence-corrected chi connectivity index (χ0v) is 11.2. The molecule has 0 bridgehead atoms. The van der Waals surface area contributed by atoms with Gasteiger partial charge in [-0.25, -0.2) is 4.98 Å². The van der Waals surface area contributed by atoms with Crippen LogP contribution in [-0.2, 0) is 13.2 Å². The fourth-order valence-corrected chi connectivity index (χ4v) is 1.79. The summed E-state index contributed by atoms with van der Waals surface area (Å²) in [7, 11) is 0. The van der Waals surface area contributed by atoms with Gasteiger partial charge in [-0.2, -0.15) is 0 Å². The van der Waals surface area contributed by atoms with E-state index < -0.39 is 0 Å². The maximum atomic E-state index is 8.98. The first-order valence-electron chi connectivity index (χ1n) is 6.34. The minimum absolute atomic E-state index is 0.0353. The largest absolute Gasteiger partial charge is 0.487 e. The summed E-state index contributed by atoms with van der Waals surface area (Å²) < 4.78 is 5.66. The second-order valence-electron chi connectivity index (χ2n) is 4.28. The van der Waals surface area contributed by atoms with E-state index in [1.54, 1.807) is 12.2 Å². The highest BCUT2D eigenvalue weighted by molar-refractivity contribution is 5.60. The topological polar surface area (TPSA) is 42.4 Å². The lowest BCUT2D eigenvalue weighted by atomic mass is 10.1. The van der Waals surface area contributed by atoms with E-state index in [2.05, 4.69) is 18.1 Å². The fraction of sp³-hybridized carbons (Fsp3) is 0.118. The van der Waals surface area contributed by atoms with Crippen LogP contribution in [0.2, 0.25) is 0 Å². The molecule has 1 heterocycles. The molecule has 0 saturated heterocycles. The van der Waals surface area contributed by atoms with E-state index in [1.807, 2.05) is 36.4 Å². The lowest BCUT2D eigenvalue weighted by molar-refractivity contribution is 0.280. The van der Waals surface area contributed by atoms with Crippen molar-refractivity contribution in [2.75, 3.05) is 0 Å². The molecule has 3 heteroatoms. The van der Waals surface area contributed by atoms with Gasteiger partial charge in [0.05, 0.1) is 18.0 Å².